The summed E-state index contributed by atoms with van der Waals surface area (Å²) in [5, 5.41) is 0.582. The SMILES string of the molecule is CCC(=O)N=C1S[C@@H]2CS(=O)(=O)C[C@@H]2N1c1ccccc1C. The molecule has 0 unspecified atom stereocenters. The van der Waals surface area contributed by atoms with Crippen molar-refractivity contribution in [3.63, 3.8) is 0 Å². The Morgan fingerprint density at radius 1 is 1.36 bits per heavy atom. The number of rotatable bonds is 2. The van der Waals surface area contributed by atoms with E-state index in [-0.39, 0.29) is 28.7 Å². The second-order valence-electron chi connectivity index (χ2n) is 5.60. The molecular formula is C15H18N2O3S2. The van der Waals surface area contributed by atoms with Gasteiger partial charge in [0.15, 0.2) is 15.0 Å². The second kappa shape index (κ2) is 5.70. The summed E-state index contributed by atoms with van der Waals surface area (Å²) in [5.74, 6) is 0.103. The number of benzene rings is 1. The molecule has 0 saturated carbocycles. The number of aliphatic imine (C=N–C) groups is 1. The molecule has 2 atom stereocenters. The highest BCUT2D eigenvalue weighted by atomic mass is 32.2. The standard InChI is InChI=1S/C15H18N2O3S2/c1-3-14(18)16-15-17(11-7-5-4-6-10(11)2)12-8-22(19,20)9-13(12)21-15/h4-7,12-13H,3,8-9H2,1-2H3/t12-,13+/m0/s1. The third-order valence-electron chi connectivity index (χ3n) is 3.96. The molecule has 118 valence electrons. The quantitative estimate of drug-likeness (QED) is 0.825. The van der Waals surface area contributed by atoms with E-state index in [2.05, 4.69) is 4.99 Å². The van der Waals surface area contributed by atoms with E-state index >= 15 is 0 Å². The zero-order valence-electron chi connectivity index (χ0n) is 12.5. The van der Waals surface area contributed by atoms with Crippen molar-refractivity contribution in [2.75, 3.05) is 16.4 Å². The van der Waals surface area contributed by atoms with Gasteiger partial charge in [0.2, 0.25) is 5.91 Å². The Bertz CT molecular complexity index is 743. The van der Waals surface area contributed by atoms with Crippen molar-refractivity contribution in [2.45, 2.75) is 31.6 Å². The third kappa shape index (κ3) is 2.79. The van der Waals surface area contributed by atoms with Crippen molar-refractivity contribution in [3.8, 4) is 0 Å². The predicted molar refractivity (Wildman–Crippen MR) is 90.2 cm³/mol. The maximum atomic E-state index is 11.9. The first-order valence-electron chi connectivity index (χ1n) is 7.25. The minimum Gasteiger partial charge on any atom is -0.315 e. The highest BCUT2D eigenvalue weighted by Gasteiger charge is 2.49. The number of carbonyl (C=O) groups is 1. The van der Waals surface area contributed by atoms with Crippen molar-refractivity contribution in [1.29, 1.82) is 0 Å². The number of carbonyl (C=O) groups excluding carboxylic acids is 1. The zero-order chi connectivity index (χ0) is 15.9. The number of para-hydroxylation sites is 1. The van der Waals surface area contributed by atoms with Gasteiger partial charge in [-0.2, -0.15) is 4.99 Å². The van der Waals surface area contributed by atoms with Crippen LogP contribution in [0.4, 0.5) is 5.69 Å². The van der Waals surface area contributed by atoms with Crippen molar-refractivity contribution in [1.82, 2.24) is 0 Å². The summed E-state index contributed by atoms with van der Waals surface area (Å²) in [6.45, 7) is 3.76. The van der Waals surface area contributed by atoms with Crippen LogP contribution in [0.5, 0.6) is 0 Å². The summed E-state index contributed by atoms with van der Waals surface area (Å²) in [4.78, 5) is 17.9. The predicted octanol–water partition coefficient (Wildman–Crippen LogP) is 2.01. The van der Waals surface area contributed by atoms with Gasteiger partial charge in [-0.3, -0.25) is 4.79 Å². The van der Waals surface area contributed by atoms with E-state index in [4.69, 9.17) is 0 Å². The van der Waals surface area contributed by atoms with Gasteiger partial charge in [0.05, 0.1) is 17.5 Å². The van der Waals surface area contributed by atoms with Gasteiger partial charge in [0, 0.05) is 17.4 Å². The fourth-order valence-electron chi connectivity index (χ4n) is 2.87. The summed E-state index contributed by atoms with van der Waals surface area (Å²) < 4.78 is 23.9. The smallest absolute Gasteiger partial charge is 0.247 e. The van der Waals surface area contributed by atoms with Crippen LogP contribution < -0.4 is 4.90 Å². The topological polar surface area (TPSA) is 66.8 Å². The maximum absolute atomic E-state index is 11.9. The fourth-order valence-corrected chi connectivity index (χ4v) is 6.79. The Hall–Kier alpha value is -1.34. The van der Waals surface area contributed by atoms with Gasteiger partial charge in [-0.1, -0.05) is 36.9 Å². The molecule has 0 aromatic heterocycles. The molecule has 2 heterocycles. The van der Waals surface area contributed by atoms with Crippen LogP contribution in [0.3, 0.4) is 0 Å². The number of anilines is 1. The zero-order valence-corrected chi connectivity index (χ0v) is 14.2. The van der Waals surface area contributed by atoms with Crippen LogP contribution in [0.25, 0.3) is 0 Å². The molecule has 0 N–H and O–H groups in total. The second-order valence-corrected chi connectivity index (χ2v) is 8.96. The number of thioether (sulfide) groups is 1. The number of hydrogen-bond donors (Lipinski definition) is 0. The van der Waals surface area contributed by atoms with Crippen LogP contribution in [0, 0.1) is 6.92 Å². The molecule has 1 amide bonds. The van der Waals surface area contributed by atoms with E-state index < -0.39 is 9.84 Å². The van der Waals surface area contributed by atoms with Gasteiger partial charge in [-0.05, 0) is 18.6 Å². The number of nitrogens with zero attached hydrogens (tertiary/aromatic N) is 2. The molecule has 0 aliphatic carbocycles. The van der Waals surface area contributed by atoms with E-state index in [1.807, 2.05) is 36.1 Å². The maximum Gasteiger partial charge on any atom is 0.247 e. The minimum atomic E-state index is -3.02. The number of fused-ring (bicyclic) bond motifs is 1. The summed E-state index contributed by atoms with van der Waals surface area (Å²) in [7, 11) is -3.02. The number of sulfone groups is 1. The van der Waals surface area contributed by atoms with Crippen molar-refractivity contribution in [3.05, 3.63) is 29.8 Å². The molecule has 2 aliphatic heterocycles. The number of aryl methyl sites for hydroxylation is 1. The molecule has 0 bridgehead atoms. The lowest BCUT2D eigenvalue weighted by atomic mass is 10.1. The van der Waals surface area contributed by atoms with E-state index in [1.165, 1.54) is 11.8 Å². The van der Waals surface area contributed by atoms with Gasteiger partial charge in [0.1, 0.15) is 0 Å². The van der Waals surface area contributed by atoms with Crippen LogP contribution in [0.15, 0.2) is 29.3 Å². The van der Waals surface area contributed by atoms with Crippen LogP contribution >= 0.6 is 11.8 Å². The summed E-state index contributed by atoms with van der Waals surface area (Å²) in [5.41, 5.74) is 1.98. The van der Waals surface area contributed by atoms with Crippen LogP contribution in [-0.4, -0.2) is 42.3 Å². The lowest BCUT2D eigenvalue weighted by Gasteiger charge is -2.26. The Balaban J connectivity index is 2.05. The molecule has 7 heteroatoms. The largest absolute Gasteiger partial charge is 0.315 e. The van der Waals surface area contributed by atoms with Gasteiger partial charge in [-0.15, -0.1) is 0 Å². The van der Waals surface area contributed by atoms with E-state index in [0.29, 0.717) is 11.6 Å². The normalized spacial score (nSPS) is 28.1. The lowest BCUT2D eigenvalue weighted by molar-refractivity contribution is -0.117. The van der Waals surface area contributed by atoms with E-state index in [9.17, 15) is 13.2 Å². The van der Waals surface area contributed by atoms with E-state index in [1.54, 1.807) is 6.92 Å². The van der Waals surface area contributed by atoms with Gasteiger partial charge < -0.3 is 4.90 Å². The molecule has 0 spiro atoms. The highest BCUT2D eigenvalue weighted by Crippen LogP contribution is 2.41. The molecular weight excluding hydrogens is 320 g/mol. The number of amides is 1. The Morgan fingerprint density at radius 2 is 2.09 bits per heavy atom. The van der Waals surface area contributed by atoms with Crippen molar-refractivity contribution < 1.29 is 13.2 Å². The van der Waals surface area contributed by atoms with Crippen molar-refractivity contribution >= 4 is 38.4 Å². The van der Waals surface area contributed by atoms with E-state index in [0.717, 1.165) is 11.3 Å². The summed E-state index contributed by atoms with van der Waals surface area (Å²) in [6, 6.07) is 7.66. The van der Waals surface area contributed by atoms with Gasteiger partial charge >= 0.3 is 0 Å². The molecule has 2 saturated heterocycles. The lowest BCUT2D eigenvalue weighted by Crippen LogP contribution is -2.38. The summed E-state index contributed by atoms with van der Waals surface area (Å²) >= 11 is 1.41. The average Bonchev–Trinajstić information content (AvgIpc) is 2.91. The Kier molecular flexibility index (Phi) is 4.03. The molecule has 5 nitrogen and oxygen atoms in total. The molecule has 2 fully saturated rings. The average molecular weight is 338 g/mol. The molecule has 0 radical (unpaired) electrons. The van der Waals surface area contributed by atoms with Gasteiger partial charge in [-0.25, -0.2) is 8.42 Å². The first-order valence-corrected chi connectivity index (χ1v) is 9.95. The van der Waals surface area contributed by atoms with Crippen LogP contribution in [-0.2, 0) is 14.6 Å². The van der Waals surface area contributed by atoms with Crippen LogP contribution in [0.1, 0.15) is 18.9 Å². The molecule has 1 aromatic rings. The minimum absolute atomic E-state index is 0.0481. The van der Waals surface area contributed by atoms with Crippen molar-refractivity contribution in [2.24, 2.45) is 4.99 Å². The molecule has 2 aliphatic rings. The fraction of sp³-hybridized carbons (Fsp3) is 0.467. The van der Waals surface area contributed by atoms with Crippen LogP contribution in [0.2, 0.25) is 0 Å². The first kappa shape index (κ1) is 15.6. The third-order valence-corrected chi connectivity index (χ3v) is 7.17. The molecule has 22 heavy (non-hydrogen) atoms. The Morgan fingerprint density at radius 3 is 2.77 bits per heavy atom. The highest BCUT2D eigenvalue weighted by molar-refractivity contribution is 8.16. The summed E-state index contributed by atoms with van der Waals surface area (Å²) in [6.07, 6.45) is 0.347. The number of amidine groups is 1. The molecule has 1 aromatic carbocycles. The Labute approximate surface area is 134 Å². The monoisotopic (exact) mass is 338 g/mol. The first-order chi connectivity index (χ1) is 10.4. The number of hydrogen-bond acceptors (Lipinski definition) is 4. The molecule has 3 rings (SSSR count). The van der Waals surface area contributed by atoms with Gasteiger partial charge in [0.25, 0.3) is 0 Å².